The molecule has 1 saturated heterocycles. The number of para-hydroxylation sites is 1. The van der Waals surface area contributed by atoms with Gasteiger partial charge in [0.1, 0.15) is 11.6 Å². The van der Waals surface area contributed by atoms with E-state index in [4.69, 9.17) is 4.42 Å². The zero-order valence-electron chi connectivity index (χ0n) is 19.0. The number of fused-ring (bicyclic) bond motifs is 1. The number of nitrogens with zero attached hydrogens (tertiary/aromatic N) is 2. The van der Waals surface area contributed by atoms with Crippen molar-refractivity contribution in [2.45, 2.75) is 31.2 Å². The Morgan fingerprint density at radius 2 is 1.59 bits per heavy atom. The van der Waals surface area contributed by atoms with E-state index in [9.17, 15) is 31.1 Å². The van der Waals surface area contributed by atoms with Crippen LogP contribution in [0.25, 0.3) is 22.2 Å². The molecule has 0 saturated carbocycles. The van der Waals surface area contributed by atoms with Crippen molar-refractivity contribution >= 4 is 22.8 Å². The summed E-state index contributed by atoms with van der Waals surface area (Å²) >= 11 is 0. The van der Waals surface area contributed by atoms with Gasteiger partial charge in [0.25, 0.3) is 0 Å². The van der Waals surface area contributed by atoms with E-state index in [1.54, 1.807) is 0 Å². The minimum Gasteiger partial charge on any atom is -0.438 e. The van der Waals surface area contributed by atoms with E-state index in [-0.39, 0.29) is 23.7 Å². The van der Waals surface area contributed by atoms with Crippen LogP contribution in [0.4, 0.5) is 36.8 Å². The van der Waals surface area contributed by atoms with E-state index >= 15 is 0 Å². The number of rotatable bonds is 3. The normalized spacial score (nSPS) is 16.4. The van der Waals surface area contributed by atoms with E-state index in [0.29, 0.717) is 29.5 Å². The summed E-state index contributed by atoms with van der Waals surface area (Å²) in [7, 11) is 0. The van der Waals surface area contributed by atoms with E-state index in [1.807, 2.05) is 0 Å². The zero-order chi connectivity index (χ0) is 26.4. The second-order valence-electron chi connectivity index (χ2n) is 8.60. The van der Waals surface area contributed by atoms with Gasteiger partial charge in [-0.1, -0.05) is 36.4 Å². The molecule has 5 nitrogen and oxygen atoms in total. The lowest BCUT2D eigenvalue weighted by molar-refractivity contribution is -0.137. The summed E-state index contributed by atoms with van der Waals surface area (Å²) in [5.41, 5.74) is -1.20. The first-order valence-electron chi connectivity index (χ1n) is 11.3. The predicted octanol–water partition coefficient (Wildman–Crippen LogP) is 7.90. The Balaban J connectivity index is 1.43. The van der Waals surface area contributed by atoms with Gasteiger partial charge in [0.15, 0.2) is 5.58 Å². The van der Waals surface area contributed by atoms with Crippen LogP contribution in [0.1, 0.15) is 35.9 Å². The van der Waals surface area contributed by atoms with Gasteiger partial charge in [-0.15, -0.1) is 0 Å². The molecule has 11 heteroatoms. The second kappa shape index (κ2) is 9.13. The van der Waals surface area contributed by atoms with Crippen LogP contribution in [0, 0.1) is 0 Å². The average molecular weight is 519 g/mol. The summed E-state index contributed by atoms with van der Waals surface area (Å²) in [6.45, 7) is 0.271. The maximum absolute atomic E-state index is 13.5. The molecular weight excluding hydrogens is 500 g/mol. The Morgan fingerprint density at radius 3 is 2.32 bits per heavy atom. The smallest absolute Gasteiger partial charge is 0.418 e. The second-order valence-corrected chi connectivity index (χ2v) is 8.60. The predicted molar refractivity (Wildman–Crippen MR) is 124 cm³/mol. The Hall–Kier alpha value is -4.02. The fraction of sp³-hybridized carbons (Fsp3) is 0.231. The third-order valence-corrected chi connectivity index (χ3v) is 6.22. The lowest BCUT2D eigenvalue weighted by Crippen LogP contribution is -2.35. The first-order valence-corrected chi connectivity index (χ1v) is 11.3. The number of aromatic nitrogens is 1. The molecule has 0 radical (unpaired) electrons. The molecule has 1 N–H and O–H groups in total. The highest BCUT2D eigenvalue weighted by Gasteiger charge is 2.37. The van der Waals surface area contributed by atoms with E-state index < -0.39 is 35.6 Å². The zero-order valence-corrected chi connectivity index (χ0v) is 19.0. The largest absolute Gasteiger partial charge is 0.438 e. The highest BCUT2D eigenvalue weighted by Crippen LogP contribution is 2.39. The molecule has 0 aliphatic carbocycles. The van der Waals surface area contributed by atoms with Gasteiger partial charge in [-0.05, 0) is 54.3 Å². The van der Waals surface area contributed by atoms with Crippen molar-refractivity contribution in [2.24, 2.45) is 0 Å². The summed E-state index contributed by atoms with van der Waals surface area (Å²) in [5, 5.41) is 2.33. The number of nitrogens with one attached hydrogen (secondary N) is 1. The Morgan fingerprint density at radius 1 is 0.919 bits per heavy atom. The number of likely N-dealkylation sites (tertiary alicyclic amines) is 1. The number of hydrogen-bond acceptors (Lipinski definition) is 3. The minimum atomic E-state index is -4.64. The van der Waals surface area contributed by atoms with Crippen LogP contribution >= 0.6 is 0 Å². The molecule has 3 aromatic carbocycles. The Labute approximate surface area is 206 Å². The molecule has 37 heavy (non-hydrogen) atoms. The number of carbonyl (C=O) groups is 1. The summed E-state index contributed by atoms with van der Waals surface area (Å²) < 4.78 is 86.2. The fourth-order valence-corrected chi connectivity index (χ4v) is 4.53. The van der Waals surface area contributed by atoms with Crippen LogP contribution in [0.15, 0.2) is 71.1 Å². The van der Waals surface area contributed by atoms with Gasteiger partial charge in [-0.3, -0.25) is 0 Å². The van der Waals surface area contributed by atoms with Gasteiger partial charge < -0.3 is 14.6 Å². The molecule has 4 aromatic rings. The van der Waals surface area contributed by atoms with Gasteiger partial charge in [-0.2, -0.15) is 26.3 Å². The van der Waals surface area contributed by atoms with E-state index in [1.165, 1.54) is 59.5 Å². The number of anilines is 1. The van der Waals surface area contributed by atoms with E-state index in [2.05, 4.69) is 10.3 Å². The quantitative estimate of drug-likeness (QED) is 0.280. The van der Waals surface area contributed by atoms with Crippen molar-refractivity contribution in [3.05, 3.63) is 83.7 Å². The van der Waals surface area contributed by atoms with Crippen LogP contribution in [-0.2, 0) is 12.4 Å². The lowest BCUT2D eigenvalue weighted by atomic mass is 9.99. The monoisotopic (exact) mass is 519 g/mol. The third kappa shape index (κ3) is 4.85. The average Bonchev–Trinajstić information content (AvgIpc) is 3.50. The third-order valence-electron chi connectivity index (χ3n) is 6.22. The van der Waals surface area contributed by atoms with Gasteiger partial charge in [0.05, 0.1) is 16.8 Å². The molecule has 192 valence electrons. The number of halogens is 6. The number of alkyl halides is 6. The number of amides is 2. The molecule has 5 rings (SSSR count). The standard InChI is InChI=1S/C26H19F6N3O2/c27-25(28,29)17-7-2-1-6-16(17)15-11-12-22-20(14-15)33-23(37-22)21-10-5-13-35(21)24(36)34-19-9-4-3-8-18(19)26(30,31)32/h1-4,6-9,11-12,14,21H,5,10,13H2,(H,34,36). The number of benzene rings is 3. The molecule has 0 bridgehead atoms. The Bertz CT molecular complexity index is 1460. The highest BCUT2D eigenvalue weighted by molar-refractivity contribution is 5.91. The molecule has 1 aliphatic heterocycles. The van der Waals surface area contributed by atoms with Crippen molar-refractivity contribution < 1.29 is 35.6 Å². The molecule has 1 unspecified atom stereocenters. The molecule has 2 amide bonds. The molecule has 2 heterocycles. The van der Waals surface area contributed by atoms with Crippen molar-refractivity contribution in [3.63, 3.8) is 0 Å². The van der Waals surface area contributed by atoms with Crippen LogP contribution in [0.2, 0.25) is 0 Å². The summed E-state index contributed by atoms with van der Waals surface area (Å²) in [5.74, 6) is 0.160. The molecule has 1 atom stereocenters. The number of oxazole rings is 1. The summed E-state index contributed by atoms with van der Waals surface area (Å²) in [4.78, 5) is 18.7. The molecule has 1 fully saturated rings. The molecule has 1 aromatic heterocycles. The van der Waals surface area contributed by atoms with Crippen molar-refractivity contribution in [1.82, 2.24) is 9.88 Å². The van der Waals surface area contributed by atoms with Gasteiger partial charge in [0.2, 0.25) is 5.89 Å². The van der Waals surface area contributed by atoms with Crippen molar-refractivity contribution in [2.75, 3.05) is 11.9 Å². The molecular formula is C26H19F6N3O2. The Kier molecular flexibility index (Phi) is 6.09. The van der Waals surface area contributed by atoms with Gasteiger partial charge in [0, 0.05) is 6.54 Å². The molecule has 1 aliphatic rings. The van der Waals surface area contributed by atoms with Crippen LogP contribution < -0.4 is 5.32 Å². The number of hydrogen-bond donors (Lipinski definition) is 1. The minimum absolute atomic E-state index is 0.00773. The van der Waals surface area contributed by atoms with Crippen LogP contribution in [0.3, 0.4) is 0 Å². The number of urea groups is 1. The molecule has 0 spiro atoms. The lowest BCUT2D eigenvalue weighted by Gasteiger charge is -2.23. The first kappa shape index (κ1) is 24.7. The maximum Gasteiger partial charge on any atom is 0.418 e. The summed E-state index contributed by atoms with van der Waals surface area (Å²) in [6.07, 6.45) is -8.15. The maximum atomic E-state index is 13.5. The highest BCUT2D eigenvalue weighted by atomic mass is 19.4. The van der Waals surface area contributed by atoms with E-state index in [0.717, 1.165) is 12.1 Å². The first-order chi connectivity index (χ1) is 17.5. The van der Waals surface area contributed by atoms with Gasteiger partial charge >= 0.3 is 18.4 Å². The fourth-order valence-electron chi connectivity index (χ4n) is 4.53. The topological polar surface area (TPSA) is 58.4 Å². The van der Waals surface area contributed by atoms with Crippen molar-refractivity contribution in [1.29, 1.82) is 0 Å². The van der Waals surface area contributed by atoms with Crippen LogP contribution in [-0.4, -0.2) is 22.5 Å². The van der Waals surface area contributed by atoms with Crippen LogP contribution in [0.5, 0.6) is 0 Å². The number of carbonyl (C=O) groups excluding carboxylic acids is 1. The van der Waals surface area contributed by atoms with Gasteiger partial charge in [-0.25, -0.2) is 9.78 Å². The SMILES string of the molecule is O=C(Nc1ccccc1C(F)(F)F)N1CCCC1c1nc2cc(-c3ccccc3C(F)(F)F)ccc2o1. The van der Waals surface area contributed by atoms with Crippen molar-refractivity contribution in [3.8, 4) is 11.1 Å². The summed E-state index contributed by atoms with van der Waals surface area (Å²) in [6, 6.07) is 13.0.